The molecule has 0 saturated carbocycles. The van der Waals surface area contributed by atoms with Crippen molar-refractivity contribution in [3.63, 3.8) is 0 Å². The lowest BCUT2D eigenvalue weighted by molar-refractivity contribution is 0.463. The number of thiazole rings is 1. The molecule has 0 bridgehead atoms. The summed E-state index contributed by atoms with van der Waals surface area (Å²) in [6.45, 7) is 4.98. The zero-order valence-corrected chi connectivity index (χ0v) is 14.0. The van der Waals surface area contributed by atoms with Gasteiger partial charge in [-0.2, -0.15) is 4.31 Å². The summed E-state index contributed by atoms with van der Waals surface area (Å²) in [5.74, 6) is 0. The average molecular weight is 328 g/mol. The smallest absolute Gasteiger partial charge is 0.244 e. The van der Waals surface area contributed by atoms with Crippen LogP contribution in [0.1, 0.15) is 25.2 Å². The topological polar surface area (TPSA) is 78.1 Å². The largest absolute Gasteiger partial charge is 0.363 e. The Morgan fingerprint density at radius 3 is 2.86 bits per heavy atom. The Kier molecular flexibility index (Phi) is 5.15. The van der Waals surface area contributed by atoms with Crippen molar-refractivity contribution in [2.75, 3.05) is 7.05 Å². The molecular formula is C13H20N4O2S2. The van der Waals surface area contributed by atoms with Crippen molar-refractivity contribution >= 4 is 21.4 Å². The number of rotatable bonds is 7. The molecule has 0 radical (unpaired) electrons. The van der Waals surface area contributed by atoms with Crippen LogP contribution < -0.4 is 5.32 Å². The Morgan fingerprint density at radius 1 is 1.48 bits per heavy atom. The molecule has 0 aromatic carbocycles. The molecule has 6 nitrogen and oxygen atoms in total. The van der Waals surface area contributed by atoms with Gasteiger partial charge < -0.3 is 10.3 Å². The standard InChI is InChI=1S/C13H20N4O2S2/c1-10(2)14-5-11-4-13(6-15-11)21(18,19)17(3)7-12-8-20-9-16-12/h4,6,8-10,14-15H,5,7H2,1-3H3. The molecule has 0 aliphatic heterocycles. The van der Waals surface area contributed by atoms with Gasteiger partial charge in [-0.25, -0.2) is 13.4 Å². The molecule has 8 heteroatoms. The molecule has 0 amide bonds. The van der Waals surface area contributed by atoms with Gasteiger partial charge in [-0.15, -0.1) is 11.3 Å². The minimum absolute atomic E-state index is 0.274. The fraction of sp³-hybridized carbons (Fsp3) is 0.462. The maximum atomic E-state index is 12.5. The first-order valence-electron chi connectivity index (χ1n) is 6.63. The summed E-state index contributed by atoms with van der Waals surface area (Å²) in [6, 6.07) is 2.02. The van der Waals surface area contributed by atoms with Crippen LogP contribution in [0.25, 0.3) is 0 Å². The highest BCUT2D eigenvalue weighted by molar-refractivity contribution is 7.89. The van der Waals surface area contributed by atoms with Crippen LogP contribution in [0.3, 0.4) is 0 Å². The van der Waals surface area contributed by atoms with Crippen LogP contribution >= 0.6 is 11.3 Å². The molecule has 0 saturated heterocycles. The molecule has 2 aromatic rings. The predicted molar refractivity (Wildman–Crippen MR) is 83.5 cm³/mol. The van der Waals surface area contributed by atoms with Gasteiger partial charge in [-0.3, -0.25) is 0 Å². The summed E-state index contributed by atoms with van der Waals surface area (Å²) in [4.78, 5) is 7.39. The van der Waals surface area contributed by atoms with Crippen LogP contribution in [0, 0.1) is 0 Å². The van der Waals surface area contributed by atoms with Crippen LogP contribution in [-0.4, -0.2) is 35.8 Å². The lowest BCUT2D eigenvalue weighted by Gasteiger charge is -2.14. The van der Waals surface area contributed by atoms with E-state index in [-0.39, 0.29) is 11.4 Å². The van der Waals surface area contributed by atoms with E-state index in [9.17, 15) is 8.42 Å². The van der Waals surface area contributed by atoms with Crippen molar-refractivity contribution in [3.8, 4) is 0 Å². The van der Waals surface area contributed by atoms with Crippen LogP contribution in [-0.2, 0) is 23.1 Å². The second-order valence-corrected chi connectivity index (χ2v) is 7.90. The molecule has 116 valence electrons. The third-order valence-corrected chi connectivity index (χ3v) is 5.41. The van der Waals surface area contributed by atoms with E-state index in [1.165, 1.54) is 21.8 Å². The van der Waals surface area contributed by atoms with Gasteiger partial charge in [0.2, 0.25) is 10.0 Å². The quantitative estimate of drug-likeness (QED) is 0.812. The summed E-state index contributed by atoms with van der Waals surface area (Å²) in [6.07, 6.45) is 1.53. The molecule has 0 aliphatic carbocycles. The summed E-state index contributed by atoms with van der Waals surface area (Å²) >= 11 is 1.45. The molecule has 2 rings (SSSR count). The number of aromatic nitrogens is 2. The van der Waals surface area contributed by atoms with E-state index in [1.807, 2.05) is 19.2 Å². The molecule has 0 fully saturated rings. The minimum atomic E-state index is -3.49. The molecule has 2 heterocycles. The summed E-state index contributed by atoms with van der Waals surface area (Å²) in [7, 11) is -1.93. The Hall–Kier alpha value is -1.22. The third-order valence-electron chi connectivity index (χ3n) is 2.99. The third kappa shape index (κ3) is 4.13. The number of aromatic amines is 1. The highest BCUT2D eigenvalue weighted by Gasteiger charge is 2.22. The average Bonchev–Trinajstić information content (AvgIpc) is 3.07. The normalized spacial score (nSPS) is 12.4. The van der Waals surface area contributed by atoms with Crippen molar-refractivity contribution in [1.82, 2.24) is 19.6 Å². The minimum Gasteiger partial charge on any atom is -0.363 e. The van der Waals surface area contributed by atoms with Crippen molar-refractivity contribution in [1.29, 1.82) is 0 Å². The Morgan fingerprint density at radius 2 is 2.24 bits per heavy atom. The number of hydrogen-bond acceptors (Lipinski definition) is 5. The molecule has 2 N–H and O–H groups in total. The number of sulfonamides is 1. The number of nitrogens with zero attached hydrogens (tertiary/aromatic N) is 2. The van der Waals surface area contributed by atoms with Gasteiger partial charge in [-0.05, 0) is 6.07 Å². The molecule has 0 aliphatic rings. The van der Waals surface area contributed by atoms with Crippen molar-refractivity contribution in [3.05, 3.63) is 34.5 Å². The lowest BCUT2D eigenvalue weighted by atomic mass is 10.3. The van der Waals surface area contributed by atoms with Gasteiger partial charge in [0.25, 0.3) is 0 Å². The van der Waals surface area contributed by atoms with Gasteiger partial charge in [-0.1, -0.05) is 13.8 Å². The van der Waals surface area contributed by atoms with Crippen molar-refractivity contribution in [2.24, 2.45) is 0 Å². The first kappa shape index (κ1) is 16.2. The second-order valence-electron chi connectivity index (χ2n) is 5.14. The second kappa shape index (κ2) is 6.69. The van der Waals surface area contributed by atoms with E-state index < -0.39 is 10.0 Å². The molecule has 2 aromatic heterocycles. The summed E-state index contributed by atoms with van der Waals surface area (Å²) in [5, 5.41) is 5.09. The van der Waals surface area contributed by atoms with Gasteiger partial charge >= 0.3 is 0 Å². The maximum absolute atomic E-state index is 12.5. The fourth-order valence-electron chi connectivity index (χ4n) is 1.79. The molecule has 0 atom stereocenters. The molecule has 0 spiro atoms. The lowest BCUT2D eigenvalue weighted by Crippen LogP contribution is -2.26. The maximum Gasteiger partial charge on any atom is 0.244 e. The predicted octanol–water partition coefficient (Wildman–Crippen LogP) is 1.79. The summed E-state index contributed by atoms with van der Waals surface area (Å²) in [5.41, 5.74) is 3.30. The Bertz CT molecular complexity index is 662. The van der Waals surface area contributed by atoms with E-state index in [0.717, 1.165) is 11.4 Å². The van der Waals surface area contributed by atoms with E-state index >= 15 is 0 Å². The monoisotopic (exact) mass is 328 g/mol. The van der Waals surface area contributed by atoms with Crippen LogP contribution in [0.15, 0.2) is 28.0 Å². The van der Waals surface area contributed by atoms with Gasteiger partial charge in [0.05, 0.1) is 22.6 Å². The Labute approximate surface area is 129 Å². The van der Waals surface area contributed by atoms with Crippen LogP contribution in [0.4, 0.5) is 0 Å². The Balaban J connectivity index is 2.08. The first-order chi connectivity index (χ1) is 9.89. The molecule has 21 heavy (non-hydrogen) atoms. The van der Waals surface area contributed by atoms with Gasteiger partial charge in [0.15, 0.2) is 0 Å². The zero-order chi connectivity index (χ0) is 15.5. The van der Waals surface area contributed by atoms with Crippen molar-refractivity contribution < 1.29 is 8.42 Å². The molecular weight excluding hydrogens is 308 g/mol. The van der Waals surface area contributed by atoms with Gasteiger partial charge in [0, 0.05) is 36.9 Å². The highest BCUT2D eigenvalue weighted by atomic mass is 32.2. The SMILES string of the molecule is CC(C)NCc1cc(S(=O)(=O)N(C)Cc2cscn2)c[nH]1. The number of hydrogen-bond donors (Lipinski definition) is 2. The van der Waals surface area contributed by atoms with Gasteiger partial charge in [0.1, 0.15) is 0 Å². The molecule has 0 unspecified atom stereocenters. The highest BCUT2D eigenvalue weighted by Crippen LogP contribution is 2.17. The zero-order valence-electron chi connectivity index (χ0n) is 12.3. The summed E-state index contributed by atoms with van der Waals surface area (Å²) < 4.78 is 26.3. The van der Waals surface area contributed by atoms with E-state index in [2.05, 4.69) is 15.3 Å². The van der Waals surface area contributed by atoms with E-state index in [1.54, 1.807) is 18.6 Å². The van der Waals surface area contributed by atoms with Crippen molar-refractivity contribution in [2.45, 2.75) is 37.9 Å². The van der Waals surface area contributed by atoms with Crippen LogP contribution in [0.2, 0.25) is 0 Å². The van der Waals surface area contributed by atoms with Crippen LogP contribution in [0.5, 0.6) is 0 Å². The fourth-order valence-corrected chi connectivity index (χ4v) is 3.50. The number of nitrogens with one attached hydrogen (secondary N) is 2. The van der Waals surface area contributed by atoms with E-state index in [4.69, 9.17) is 0 Å². The first-order valence-corrected chi connectivity index (χ1v) is 9.02. The van der Waals surface area contributed by atoms with E-state index in [0.29, 0.717) is 12.6 Å². The number of H-pyrrole nitrogens is 1.